The molecule has 0 radical (unpaired) electrons. The number of carbonyl (C=O) groups excluding carboxylic acids is 1. The van der Waals surface area contributed by atoms with Crippen molar-refractivity contribution in [2.24, 2.45) is 0 Å². The summed E-state index contributed by atoms with van der Waals surface area (Å²) in [6, 6.07) is 18.0. The first-order valence-electron chi connectivity index (χ1n) is 15.9. The first-order valence-corrected chi connectivity index (χ1v) is 15.9. The van der Waals surface area contributed by atoms with E-state index < -0.39 is 11.9 Å². The zero-order valence-corrected chi connectivity index (χ0v) is 26.9. The van der Waals surface area contributed by atoms with Crippen LogP contribution in [0.3, 0.4) is 0 Å². The van der Waals surface area contributed by atoms with Gasteiger partial charge >= 0.3 is 0 Å². The standard InChI is InChI=1S/C36H36N10O2/c1-25(40-35(47)32-33(37)41-45-15-7-14-38-34(32)45)30-22-28-9-6-8-27(31(28)36(48)46(30)29-10-4-3-5-11-29)13-12-26-23-39-44(24-26)21-20-43-18-16-42(2)17-19-43/h3-11,14-15,22-25H,16-21H2,1-2H3,(H2,37,41)(H,40,47). The number of aromatic nitrogens is 6. The monoisotopic (exact) mass is 640 g/mol. The van der Waals surface area contributed by atoms with Gasteiger partial charge in [-0.1, -0.05) is 42.2 Å². The second kappa shape index (κ2) is 13.2. The highest BCUT2D eigenvalue weighted by Gasteiger charge is 2.24. The number of para-hydroxylation sites is 1. The van der Waals surface area contributed by atoms with Crippen molar-refractivity contribution in [3.8, 4) is 17.5 Å². The summed E-state index contributed by atoms with van der Waals surface area (Å²) in [7, 11) is 2.16. The lowest BCUT2D eigenvalue weighted by molar-refractivity contribution is 0.0941. The third kappa shape index (κ3) is 6.16. The number of piperazine rings is 1. The lowest BCUT2D eigenvalue weighted by Crippen LogP contribution is -2.45. The molecule has 1 atom stereocenters. The van der Waals surface area contributed by atoms with Crippen LogP contribution in [0.4, 0.5) is 5.82 Å². The molecule has 0 aliphatic carbocycles. The van der Waals surface area contributed by atoms with E-state index in [1.807, 2.05) is 72.4 Å². The molecule has 0 saturated carbocycles. The van der Waals surface area contributed by atoms with Gasteiger partial charge in [0.2, 0.25) is 0 Å². The minimum absolute atomic E-state index is 0.0705. The molecule has 2 aromatic carbocycles. The zero-order chi connectivity index (χ0) is 33.2. The van der Waals surface area contributed by atoms with Crippen molar-refractivity contribution in [2.75, 3.05) is 45.5 Å². The van der Waals surface area contributed by atoms with Crippen LogP contribution in [0.15, 0.2) is 90.2 Å². The smallest absolute Gasteiger partial charge is 0.264 e. The lowest BCUT2D eigenvalue weighted by Gasteiger charge is -2.32. The number of pyridine rings is 1. The Bertz CT molecular complexity index is 2230. The topological polar surface area (TPSA) is 132 Å². The van der Waals surface area contributed by atoms with Crippen LogP contribution in [0.1, 0.15) is 40.1 Å². The van der Waals surface area contributed by atoms with Gasteiger partial charge in [0.25, 0.3) is 11.5 Å². The van der Waals surface area contributed by atoms with Gasteiger partial charge < -0.3 is 16.0 Å². The van der Waals surface area contributed by atoms with Crippen LogP contribution in [0.2, 0.25) is 0 Å². The summed E-state index contributed by atoms with van der Waals surface area (Å²) in [5.74, 6) is 6.09. The summed E-state index contributed by atoms with van der Waals surface area (Å²) in [4.78, 5) is 37.0. The SMILES string of the molecule is CC(NC(=O)c1c(N)nn2cccnc12)c1cc2cccc(C#Cc3cnn(CCN4CCN(C)CC4)c3)c2c(=O)n1-c1ccccc1. The quantitative estimate of drug-likeness (QED) is 0.255. The fourth-order valence-corrected chi connectivity index (χ4v) is 6.12. The largest absolute Gasteiger partial charge is 0.381 e. The molecule has 1 unspecified atom stereocenters. The molecule has 1 fully saturated rings. The molecule has 1 aliphatic heterocycles. The maximum Gasteiger partial charge on any atom is 0.264 e. The van der Waals surface area contributed by atoms with Gasteiger partial charge in [0.05, 0.1) is 29.7 Å². The fourth-order valence-electron chi connectivity index (χ4n) is 6.12. The van der Waals surface area contributed by atoms with E-state index in [2.05, 4.69) is 49.2 Å². The van der Waals surface area contributed by atoms with Crippen LogP contribution < -0.4 is 16.6 Å². The Balaban J connectivity index is 1.20. The normalized spacial score (nSPS) is 14.5. The summed E-state index contributed by atoms with van der Waals surface area (Å²) in [5, 5.41) is 13.0. The Morgan fingerprint density at radius 3 is 2.65 bits per heavy atom. The van der Waals surface area contributed by atoms with Gasteiger partial charge in [-0.15, -0.1) is 5.10 Å². The number of amides is 1. The fraction of sp³-hybridized carbons (Fsp3) is 0.250. The summed E-state index contributed by atoms with van der Waals surface area (Å²) in [5.41, 5.74) is 9.07. The van der Waals surface area contributed by atoms with Crippen LogP contribution in [-0.4, -0.2) is 84.4 Å². The van der Waals surface area contributed by atoms with Gasteiger partial charge in [-0.25, -0.2) is 9.50 Å². The Morgan fingerprint density at radius 2 is 1.83 bits per heavy atom. The molecule has 1 aliphatic rings. The van der Waals surface area contributed by atoms with Crippen LogP contribution in [0, 0.1) is 11.8 Å². The summed E-state index contributed by atoms with van der Waals surface area (Å²) < 4.78 is 5.02. The number of nitrogens with zero attached hydrogens (tertiary/aromatic N) is 8. The van der Waals surface area contributed by atoms with Crippen molar-refractivity contribution < 1.29 is 4.79 Å². The number of benzene rings is 2. The lowest BCUT2D eigenvalue weighted by atomic mass is 10.0. The number of nitrogen functional groups attached to an aromatic ring is 1. The summed E-state index contributed by atoms with van der Waals surface area (Å²) in [6.07, 6.45) is 6.97. The predicted molar refractivity (Wildman–Crippen MR) is 185 cm³/mol. The van der Waals surface area contributed by atoms with Crippen LogP contribution in [0.25, 0.3) is 22.1 Å². The number of anilines is 1. The van der Waals surface area contributed by atoms with Gasteiger partial charge in [0.1, 0.15) is 5.56 Å². The molecular formula is C36H36N10O2. The van der Waals surface area contributed by atoms with E-state index in [9.17, 15) is 9.59 Å². The van der Waals surface area contributed by atoms with Crippen LogP contribution in [0.5, 0.6) is 0 Å². The average Bonchev–Trinajstić information content (AvgIpc) is 3.70. The van der Waals surface area contributed by atoms with Gasteiger partial charge in [0, 0.05) is 68.3 Å². The summed E-state index contributed by atoms with van der Waals surface area (Å²) >= 11 is 0. The van der Waals surface area contributed by atoms with E-state index in [-0.39, 0.29) is 16.9 Å². The molecule has 12 nitrogen and oxygen atoms in total. The van der Waals surface area contributed by atoms with E-state index in [1.54, 1.807) is 29.2 Å². The molecule has 12 heteroatoms. The highest BCUT2D eigenvalue weighted by molar-refractivity contribution is 6.04. The Kier molecular flexibility index (Phi) is 8.46. The molecule has 0 bridgehead atoms. The molecule has 1 amide bonds. The Morgan fingerprint density at radius 1 is 1.02 bits per heavy atom. The number of nitrogens with one attached hydrogen (secondary N) is 1. The molecule has 4 aromatic heterocycles. The van der Waals surface area contributed by atoms with E-state index in [0.29, 0.717) is 28.0 Å². The molecule has 6 aromatic rings. The van der Waals surface area contributed by atoms with Crippen molar-refractivity contribution in [1.82, 2.24) is 44.1 Å². The molecule has 5 heterocycles. The summed E-state index contributed by atoms with van der Waals surface area (Å²) in [6.45, 7) is 7.85. The van der Waals surface area contributed by atoms with Crippen molar-refractivity contribution >= 4 is 28.1 Å². The third-order valence-electron chi connectivity index (χ3n) is 8.75. The van der Waals surface area contributed by atoms with E-state index in [0.717, 1.165) is 50.2 Å². The van der Waals surface area contributed by atoms with Crippen molar-refractivity contribution in [3.05, 3.63) is 118 Å². The number of hydrogen-bond acceptors (Lipinski definition) is 8. The molecule has 0 spiro atoms. The number of hydrogen-bond donors (Lipinski definition) is 2. The first kappa shape index (κ1) is 30.9. The average molecular weight is 641 g/mol. The maximum atomic E-state index is 14.4. The Labute approximate surface area is 277 Å². The molecule has 3 N–H and O–H groups in total. The number of fused-ring (bicyclic) bond motifs is 2. The van der Waals surface area contributed by atoms with Crippen molar-refractivity contribution in [1.29, 1.82) is 0 Å². The van der Waals surface area contributed by atoms with E-state index in [4.69, 9.17) is 5.73 Å². The molecular weight excluding hydrogens is 604 g/mol. The number of nitrogens with two attached hydrogens (primary N) is 1. The number of carbonyl (C=O) groups is 1. The minimum atomic E-state index is -0.584. The van der Waals surface area contributed by atoms with E-state index >= 15 is 0 Å². The van der Waals surface area contributed by atoms with Crippen molar-refractivity contribution in [2.45, 2.75) is 19.5 Å². The van der Waals surface area contributed by atoms with E-state index in [1.165, 1.54) is 4.52 Å². The third-order valence-corrected chi connectivity index (χ3v) is 8.75. The van der Waals surface area contributed by atoms with Crippen molar-refractivity contribution in [3.63, 3.8) is 0 Å². The predicted octanol–water partition coefficient (Wildman–Crippen LogP) is 2.95. The molecule has 48 heavy (non-hydrogen) atoms. The van der Waals surface area contributed by atoms with Gasteiger partial charge in [0.15, 0.2) is 11.5 Å². The highest BCUT2D eigenvalue weighted by atomic mass is 16.2. The maximum absolute atomic E-state index is 14.4. The van der Waals surface area contributed by atoms with Gasteiger partial charge in [-0.2, -0.15) is 5.10 Å². The molecule has 242 valence electrons. The second-order valence-corrected chi connectivity index (χ2v) is 12.0. The second-order valence-electron chi connectivity index (χ2n) is 12.0. The number of likely N-dealkylation sites (N-methyl/N-ethyl adjacent to an activating group) is 1. The highest BCUT2D eigenvalue weighted by Crippen LogP contribution is 2.24. The number of rotatable bonds is 7. The van der Waals surface area contributed by atoms with Crippen LogP contribution >= 0.6 is 0 Å². The van der Waals surface area contributed by atoms with Gasteiger partial charge in [-0.05, 0) is 49.7 Å². The minimum Gasteiger partial charge on any atom is -0.381 e. The first-order chi connectivity index (χ1) is 23.4. The Hall–Kier alpha value is -5.77. The zero-order valence-electron chi connectivity index (χ0n) is 26.9. The molecule has 1 saturated heterocycles. The van der Waals surface area contributed by atoms with Gasteiger partial charge in [-0.3, -0.25) is 23.7 Å². The van der Waals surface area contributed by atoms with Crippen LogP contribution in [-0.2, 0) is 6.54 Å². The molecule has 7 rings (SSSR count).